The lowest BCUT2D eigenvalue weighted by atomic mass is 10.1. The number of hydrogen-bond acceptors (Lipinski definition) is 3. The van der Waals surface area contributed by atoms with Gasteiger partial charge >= 0.3 is 5.97 Å². The number of carbonyl (C=O) groups is 2. The Labute approximate surface area is 109 Å². The molecule has 0 bridgehead atoms. The number of carbonyl (C=O) groups excluding carboxylic acids is 1. The van der Waals surface area contributed by atoms with Crippen LogP contribution in [0, 0.1) is 5.82 Å². The number of amides is 1. The van der Waals surface area contributed by atoms with Gasteiger partial charge in [-0.15, -0.1) is 0 Å². The molecule has 102 valence electrons. The van der Waals surface area contributed by atoms with Gasteiger partial charge in [-0.1, -0.05) is 12.2 Å². The van der Waals surface area contributed by atoms with Crippen LogP contribution in [0.4, 0.5) is 10.1 Å². The van der Waals surface area contributed by atoms with E-state index in [1.165, 1.54) is 19.1 Å². The van der Waals surface area contributed by atoms with Crippen LogP contribution in [0.25, 0.3) is 6.08 Å². The second-order valence-corrected chi connectivity index (χ2v) is 3.94. The fourth-order valence-corrected chi connectivity index (χ4v) is 1.46. The fourth-order valence-electron chi connectivity index (χ4n) is 1.46. The van der Waals surface area contributed by atoms with Gasteiger partial charge in [-0.05, 0) is 18.6 Å². The molecule has 0 saturated carbocycles. The largest absolute Gasteiger partial charge is 0.478 e. The monoisotopic (exact) mass is 266 g/mol. The van der Waals surface area contributed by atoms with Crippen molar-refractivity contribution in [1.29, 1.82) is 0 Å². The van der Waals surface area contributed by atoms with Gasteiger partial charge in [0.25, 0.3) is 0 Å². The summed E-state index contributed by atoms with van der Waals surface area (Å²) in [4.78, 5) is 21.5. The highest BCUT2D eigenvalue weighted by atomic mass is 19.1. The van der Waals surface area contributed by atoms with E-state index in [1.807, 2.05) is 0 Å². The Morgan fingerprint density at radius 2 is 2.16 bits per heavy atom. The average Bonchev–Trinajstić information content (AvgIpc) is 2.30. The third kappa shape index (κ3) is 4.42. The number of halogens is 1. The lowest BCUT2D eigenvalue weighted by molar-refractivity contribution is -0.118. The molecule has 0 atom stereocenters. The van der Waals surface area contributed by atoms with E-state index < -0.39 is 11.8 Å². The molecule has 0 radical (unpaired) electrons. The third-order valence-corrected chi connectivity index (χ3v) is 2.38. The van der Waals surface area contributed by atoms with Crippen LogP contribution in [0.1, 0.15) is 29.3 Å². The van der Waals surface area contributed by atoms with E-state index in [-0.39, 0.29) is 22.7 Å². The molecule has 4 N–H and O–H groups in total. The van der Waals surface area contributed by atoms with Crippen molar-refractivity contribution in [2.45, 2.75) is 13.3 Å². The zero-order chi connectivity index (χ0) is 14.4. The first kappa shape index (κ1) is 14.7. The Morgan fingerprint density at radius 1 is 1.47 bits per heavy atom. The number of carboxylic acid groups (broad SMARTS) is 1. The molecule has 0 aliphatic rings. The maximum Gasteiger partial charge on any atom is 0.337 e. The lowest BCUT2D eigenvalue weighted by Crippen LogP contribution is -2.20. The van der Waals surface area contributed by atoms with Gasteiger partial charge in [0.1, 0.15) is 5.82 Å². The zero-order valence-corrected chi connectivity index (χ0v) is 10.4. The first-order valence-corrected chi connectivity index (χ1v) is 5.65. The highest BCUT2D eigenvalue weighted by molar-refractivity contribution is 5.94. The number of nitrogens with two attached hydrogens (primary N) is 1. The van der Waals surface area contributed by atoms with Gasteiger partial charge in [0, 0.05) is 24.7 Å². The minimum Gasteiger partial charge on any atom is -0.478 e. The SMILES string of the molecule is CC(=O)NCCC=Cc1cc(C(=O)O)c(N)cc1F. The first-order chi connectivity index (χ1) is 8.91. The smallest absolute Gasteiger partial charge is 0.337 e. The molecule has 0 fully saturated rings. The van der Waals surface area contributed by atoms with Crippen molar-refractivity contribution in [2.75, 3.05) is 12.3 Å². The van der Waals surface area contributed by atoms with E-state index in [0.29, 0.717) is 13.0 Å². The second kappa shape index (κ2) is 6.53. The molecule has 0 spiro atoms. The third-order valence-electron chi connectivity index (χ3n) is 2.38. The summed E-state index contributed by atoms with van der Waals surface area (Å²) in [7, 11) is 0. The Bertz CT molecular complexity index is 527. The molecule has 1 rings (SSSR count). The van der Waals surface area contributed by atoms with Crippen LogP contribution in [-0.2, 0) is 4.79 Å². The van der Waals surface area contributed by atoms with Gasteiger partial charge < -0.3 is 16.2 Å². The second-order valence-electron chi connectivity index (χ2n) is 3.94. The van der Waals surface area contributed by atoms with E-state index in [1.54, 1.807) is 6.08 Å². The summed E-state index contributed by atoms with van der Waals surface area (Å²) in [6.45, 7) is 1.84. The van der Waals surface area contributed by atoms with Crippen LogP contribution in [0.3, 0.4) is 0 Å². The molecule has 1 aromatic rings. The van der Waals surface area contributed by atoms with Crippen molar-refractivity contribution in [3.8, 4) is 0 Å². The van der Waals surface area contributed by atoms with Gasteiger partial charge in [0.2, 0.25) is 5.91 Å². The molecule has 1 amide bonds. The van der Waals surface area contributed by atoms with Crippen LogP contribution >= 0.6 is 0 Å². The molecule has 19 heavy (non-hydrogen) atoms. The highest BCUT2D eigenvalue weighted by Gasteiger charge is 2.11. The molecule has 0 unspecified atom stereocenters. The van der Waals surface area contributed by atoms with Crippen LogP contribution < -0.4 is 11.1 Å². The maximum atomic E-state index is 13.5. The molecule has 0 aromatic heterocycles. The van der Waals surface area contributed by atoms with Crippen molar-refractivity contribution in [3.05, 3.63) is 35.2 Å². The minimum atomic E-state index is -1.20. The Kier molecular flexibility index (Phi) is 5.05. The normalized spacial score (nSPS) is 10.6. The summed E-state index contributed by atoms with van der Waals surface area (Å²) in [6.07, 6.45) is 3.63. The van der Waals surface area contributed by atoms with E-state index in [2.05, 4.69) is 5.32 Å². The summed E-state index contributed by atoms with van der Waals surface area (Å²) in [6, 6.07) is 2.17. The molecule has 1 aromatic carbocycles. The van der Waals surface area contributed by atoms with Crippen molar-refractivity contribution < 1.29 is 19.1 Å². The number of carboxylic acids is 1. The van der Waals surface area contributed by atoms with Crippen LogP contribution in [-0.4, -0.2) is 23.5 Å². The summed E-state index contributed by atoms with van der Waals surface area (Å²) in [5, 5.41) is 11.5. The van der Waals surface area contributed by atoms with Gasteiger partial charge in [-0.3, -0.25) is 4.79 Å². The van der Waals surface area contributed by atoms with Crippen LogP contribution in [0.15, 0.2) is 18.2 Å². The summed E-state index contributed by atoms with van der Waals surface area (Å²) >= 11 is 0. The maximum absolute atomic E-state index is 13.5. The Hall–Kier alpha value is -2.37. The van der Waals surface area contributed by atoms with E-state index >= 15 is 0 Å². The number of nitrogens with one attached hydrogen (secondary N) is 1. The minimum absolute atomic E-state index is 0.111. The standard InChI is InChI=1S/C13H15FN2O3/c1-8(17)16-5-3-2-4-9-6-10(13(18)19)12(15)7-11(9)14/h2,4,6-7H,3,5,15H2,1H3,(H,16,17)(H,18,19). The number of nitrogen functional groups attached to an aromatic ring is 1. The van der Waals surface area contributed by atoms with E-state index in [4.69, 9.17) is 10.8 Å². The van der Waals surface area contributed by atoms with Gasteiger partial charge in [0.05, 0.1) is 5.56 Å². The number of anilines is 1. The van der Waals surface area contributed by atoms with Gasteiger partial charge in [-0.25, -0.2) is 9.18 Å². The van der Waals surface area contributed by atoms with Gasteiger partial charge in [0.15, 0.2) is 0 Å². The number of hydrogen-bond donors (Lipinski definition) is 3. The Balaban J connectivity index is 2.77. The average molecular weight is 266 g/mol. The summed E-state index contributed by atoms with van der Waals surface area (Å²) < 4.78 is 13.5. The van der Waals surface area contributed by atoms with Crippen molar-refractivity contribution in [1.82, 2.24) is 5.32 Å². The highest BCUT2D eigenvalue weighted by Crippen LogP contribution is 2.19. The molecule has 5 nitrogen and oxygen atoms in total. The van der Waals surface area contributed by atoms with E-state index in [9.17, 15) is 14.0 Å². The van der Waals surface area contributed by atoms with Crippen LogP contribution in [0.2, 0.25) is 0 Å². The predicted molar refractivity (Wildman–Crippen MR) is 70.1 cm³/mol. The Morgan fingerprint density at radius 3 is 2.74 bits per heavy atom. The number of rotatable bonds is 5. The molecular formula is C13H15FN2O3. The quantitative estimate of drug-likeness (QED) is 0.558. The molecule has 0 aliphatic carbocycles. The molecular weight excluding hydrogens is 251 g/mol. The van der Waals surface area contributed by atoms with Crippen molar-refractivity contribution in [2.24, 2.45) is 0 Å². The lowest BCUT2D eigenvalue weighted by Gasteiger charge is -2.04. The van der Waals surface area contributed by atoms with Crippen molar-refractivity contribution in [3.63, 3.8) is 0 Å². The summed E-state index contributed by atoms with van der Waals surface area (Å²) in [5.41, 5.74) is 5.31. The predicted octanol–water partition coefficient (Wildman–Crippen LogP) is 1.65. The van der Waals surface area contributed by atoms with Crippen LogP contribution in [0.5, 0.6) is 0 Å². The molecule has 0 saturated heterocycles. The molecule has 6 heteroatoms. The topological polar surface area (TPSA) is 92.4 Å². The van der Waals surface area contributed by atoms with Crippen molar-refractivity contribution >= 4 is 23.6 Å². The van der Waals surface area contributed by atoms with E-state index in [0.717, 1.165) is 6.07 Å². The molecule has 0 aliphatic heterocycles. The van der Waals surface area contributed by atoms with Gasteiger partial charge in [-0.2, -0.15) is 0 Å². The summed E-state index contributed by atoms with van der Waals surface area (Å²) in [5.74, 6) is -1.93. The number of benzene rings is 1. The number of aromatic carboxylic acids is 1. The molecule has 0 heterocycles. The zero-order valence-electron chi connectivity index (χ0n) is 10.4. The fraction of sp³-hybridized carbons (Fsp3) is 0.231. The first-order valence-electron chi connectivity index (χ1n) is 5.65.